The molecule has 4 heteroatoms. The van der Waals surface area contributed by atoms with Crippen molar-refractivity contribution in [1.82, 2.24) is 0 Å². The molecule has 22 heavy (non-hydrogen) atoms. The molecule has 4 nitrogen and oxygen atoms in total. The monoisotopic (exact) mass is 295 g/mol. The molecule has 0 saturated carbocycles. The first-order valence-electron chi connectivity index (χ1n) is 7.54. The largest absolute Gasteiger partial charge is 0.508 e. The third kappa shape index (κ3) is 1.58. The number of nitrogens with one attached hydrogen (secondary N) is 1. The van der Waals surface area contributed by atoms with Crippen LogP contribution in [0.2, 0.25) is 0 Å². The van der Waals surface area contributed by atoms with E-state index in [1.165, 1.54) is 0 Å². The summed E-state index contributed by atoms with van der Waals surface area (Å²) in [6, 6.07) is 11.0. The van der Waals surface area contributed by atoms with Crippen LogP contribution in [-0.2, 0) is 23.1 Å². The second-order valence-corrected chi connectivity index (χ2v) is 6.05. The van der Waals surface area contributed by atoms with Gasteiger partial charge in [0.05, 0.1) is 6.61 Å². The molecule has 0 bridgehead atoms. The van der Waals surface area contributed by atoms with Gasteiger partial charge in [-0.15, -0.1) is 0 Å². The van der Waals surface area contributed by atoms with Gasteiger partial charge in [-0.25, -0.2) is 0 Å². The van der Waals surface area contributed by atoms with Crippen LogP contribution in [0.25, 0.3) is 0 Å². The molecule has 0 fully saturated rings. The number of para-hydroxylation sites is 1. The average Bonchev–Trinajstić information content (AvgIpc) is 3.07. The lowest BCUT2D eigenvalue weighted by Gasteiger charge is -2.27. The predicted octanol–water partition coefficient (Wildman–Crippen LogP) is 2.11. The lowest BCUT2D eigenvalue weighted by Crippen LogP contribution is -2.39. The van der Waals surface area contributed by atoms with Crippen LogP contribution in [0.5, 0.6) is 5.75 Å². The summed E-state index contributed by atoms with van der Waals surface area (Å²) < 4.78 is 0. The first-order chi connectivity index (χ1) is 10.7. The van der Waals surface area contributed by atoms with Crippen LogP contribution in [0.4, 0.5) is 5.69 Å². The minimum absolute atomic E-state index is 0.0848. The number of carbonyl (C=O) groups excluding carboxylic acids is 1. The van der Waals surface area contributed by atoms with E-state index >= 15 is 0 Å². The Morgan fingerprint density at radius 1 is 1.09 bits per heavy atom. The van der Waals surface area contributed by atoms with Crippen LogP contribution in [-0.4, -0.2) is 22.7 Å². The number of hydrogen-bond acceptors (Lipinski definition) is 3. The van der Waals surface area contributed by atoms with Gasteiger partial charge >= 0.3 is 0 Å². The normalized spacial score (nSPS) is 22.3. The molecule has 0 saturated heterocycles. The predicted molar refractivity (Wildman–Crippen MR) is 83.1 cm³/mol. The number of carbonyl (C=O) groups is 1. The molecular formula is C18H17NO3. The van der Waals surface area contributed by atoms with Gasteiger partial charge in [0.25, 0.3) is 0 Å². The highest BCUT2D eigenvalue weighted by molar-refractivity contribution is 6.09. The van der Waals surface area contributed by atoms with Gasteiger partial charge in [0.2, 0.25) is 5.91 Å². The molecule has 2 aliphatic rings. The summed E-state index contributed by atoms with van der Waals surface area (Å²) >= 11 is 0. The Hall–Kier alpha value is -2.33. The zero-order valence-electron chi connectivity index (χ0n) is 12.1. The lowest BCUT2D eigenvalue weighted by molar-refractivity contribution is -0.120. The number of aliphatic hydroxyl groups excluding tert-OH is 1. The van der Waals surface area contributed by atoms with Gasteiger partial charge in [-0.3, -0.25) is 4.79 Å². The maximum atomic E-state index is 12.7. The third-order valence-electron chi connectivity index (χ3n) is 4.93. The van der Waals surface area contributed by atoms with Crippen molar-refractivity contribution in [3.8, 4) is 5.75 Å². The molecule has 1 aliphatic heterocycles. The number of amides is 1. The van der Waals surface area contributed by atoms with Crippen molar-refractivity contribution >= 4 is 11.6 Å². The summed E-state index contributed by atoms with van der Waals surface area (Å²) in [6.45, 7) is -0.373. The van der Waals surface area contributed by atoms with Gasteiger partial charge in [0.1, 0.15) is 11.2 Å². The molecule has 2 aromatic carbocycles. The Labute approximate surface area is 128 Å². The molecule has 4 rings (SSSR count). The number of aromatic hydroxyl groups is 1. The number of anilines is 1. The second kappa shape index (κ2) is 4.58. The summed E-state index contributed by atoms with van der Waals surface area (Å²) in [5, 5.41) is 23.4. The highest BCUT2D eigenvalue weighted by atomic mass is 16.3. The summed E-state index contributed by atoms with van der Waals surface area (Å²) in [6.07, 6.45) is 2.97. The minimum atomic E-state index is -1.22. The van der Waals surface area contributed by atoms with Crippen LogP contribution in [0.15, 0.2) is 36.4 Å². The van der Waals surface area contributed by atoms with E-state index in [2.05, 4.69) is 5.32 Å². The molecule has 1 amide bonds. The zero-order chi connectivity index (χ0) is 15.3. The van der Waals surface area contributed by atoms with Crippen LogP contribution in [0, 0.1) is 0 Å². The van der Waals surface area contributed by atoms with Crippen molar-refractivity contribution in [2.24, 2.45) is 0 Å². The highest BCUT2D eigenvalue weighted by Crippen LogP contribution is 2.46. The number of phenols is 1. The van der Waals surface area contributed by atoms with Gasteiger partial charge in [0.15, 0.2) is 0 Å². The molecule has 0 spiro atoms. The van der Waals surface area contributed by atoms with E-state index in [4.69, 9.17) is 0 Å². The molecule has 0 aromatic heterocycles. The Morgan fingerprint density at radius 2 is 1.82 bits per heavy atom. The average molecular weight is 295 g/mol. The Morgan fingerprint density at radius 3 is 2.59 bits per heavy atom. The van der Waals surface area contributed by atoms with Crippen LogP contribution in [0.3, 0.4) is 0 Å². The first kappa shape index (κ1) is 13.3. The van der Waals surface area contributed by atoms with Crippen molar-refractivity contribution in [2.75, 3.05) is 11.9 Å². The molecule has 1 aliphatic carbocycles. The van der Waals surface area contributed by atoms with E-state index in [1.807, 2.05) is 30.3 Å². The summed E-state index contributed by atoms with van der Waals surface area (Å²) in [5.74, 6) is -0.203. The Kier molecular flexibility index (Phi) is 2.78. The SMILES string of the molecule is O=C1Nc2ccccc2C1(CO)c1cc2c(cc1O)CCC2. The van der Waals surface area contributed by atoms with Crippen molar-refractivity contribution in [2.45, 2.75) is 24.7 Å². The number of phenolic OH excluding ortho intramolecular Hbond substituents is 1. The zero-order valence-corrected chi connectivity index (χ0v) is 12.1. The van der Waals surface area contributed by atoms with E-state index in [9.17, 15) is 15.0 Å². The number of benzene rings is 2. The molecule has 1 heterocycles. The van der Waals surface area contributed by atoms with E-state index in [0.29, 0.717) is 11.3 Å². The maximum absolute atomic E-state index is 12.7. The number of fused-ring (bicyclic) bond motifs is 2. The standard InChI is InChI=1S/C18H17NO3/c20-10-18(13-6-1-2-7-15(13)19-17(18)22)14-8-11-4-3-5-12(11)9-16(14)21/h1-2,6-9,20-21H,3-5,10H2,(H,19,22). The lowest BCUT2D eigenvalue weighted by atomic mass is 9.75. The van der Waals surface area contributed by atoms with E-state index in [-0.39, 0.29) is 18.3 Å². The molecule has 112 valence electrons. The molecule has 2 aromatic rings. The summed E-state index contributed by atoms with van der Waals surface area (Å²) in [5.41, 5.74) is 2.99. The summed E-state index contributed by atoms with van der Waals surface area (Å²) in [7, 11) is 0. The van der Waals surface area contributed by atoms with Crippen molar-refractivity contribution in [1.29, 1.82) is 0 Å². The van der Waals surface area contributed by atoms with Crippen LogP contribution < -0.4 is 5.32 Å². The van der Waals surface area contributed by atoms with Gasteiger partial charge in [-0.1, -0.05) is 24.3 Å². The maximum Gasteiger partial charge on any atom is 0.242 e. The van der Waals surface area contributed by atoms with Gasteiger partial charge in [0, 0.05) is 11.3 Å². The minimum Gasteiger partial charge on any atom is -0.508 e. The van der Waals surface area contributed by atoms with Gasteiger partial charge < -0.3 is 15.5 Å². The van der Waals surface area contributed by atoms with Crippen molar-refractivity contribution in [3.63, 3.8) is 0 Å². The molecule has 0 radical (unpaired) electrons. The van der Waals surface area contributed by atoms with Gasteiger partial charge in [-0.2, -0.15) is 0 Å². The van der Waals surface area contributed by atoms with E-state index in [1.54, 1.807) is 6.07 Å². The number of aryl methyl sites for hydroxylation is 2. The van der Waals surface area contributed by atoms with Crippen LogP contribution >= 0.6 is 0 Å². The third-order valence-corrected chi connectivity index (χ3v) is 4.93. The van der Waals surface area contributed by atoms with E-state index < -0.39 is 5.41 Å². The Balaban J connectivity index is 1.99. The quantitative estimate of drug-likeness (QED) is 0.795. The highest BCUT2D eigenvalue weighted by Gasteiger charge is 2.49. The Bertz CT molecular complexity index is 784. The molecule has 1 unspecified atom stereocenters. The van der Waals surface area contributed by atoms with E-state index in [0.717, 1.165) is 36.0 Å². The fourth-order valence-corrected chi connectivity index (χ4v) is 3.78. The molecule has 1 atom stereocenters. The second-order valence-electron chi connectivity index (χ2n) is 6.05. The molecule has 3 N–H and O–H groups in total. The van der Waals surface area contributed by atoms with Crippen molar-refractivity contribution in [3.05, 3.63) is 58.7 Å². The first-order valence-corrected chi connectivity index (χ1v) is 7.54. The fourth-order valence-electron chi connectivity index (χ4n) is 3.78. The number of hydrogen-bond donors (Lipinski definition) is 3. The number of aliphatic hydroxyl groups is 1. The summed E-state index contributed by atoms with van der Waals surface area (Å²) in [4.78, 5) is 12.7. The van der Waals surface area contributed by atoms with Crippen LogP contribution in [0.1, 0.15) is 28.7 Å². The fraction of sp³-hybridized carbons (Fsp3) is 0.278. The topological polar surface area (TPSA) is 69.6 Å². The smallest absolute Gasteiger partial charge is 0.242 e. The van der Waals surface area contributed by atoms with Crippen molar-refractivity contribution < 1.29 is 15.0 Å². The molecular weight excluding hydrogens is 278 g/mol. The van der Waals surface area contributed by atoms with Gasteiger partial charge in [-0.05, 0) is 48.1 Å². The number of rotatable bonds is 2.